The molecule has 1 aliphatic heterocycles. The van der Waals surface area contributed by atoms with E-state index in [2.05, 4.69) is 16.0 Å². The minimum atomic E-state index is -0.488. The maximum atomic E-state index is 12.2. The molecule has 1 aliphatic rings. The predicted octanol–water partition coefficient (Wildman–Crippen LogP) is 1.73. The third-order valence-corrected chi connectivity index (χ3v) is 4.10. The predicted molar refractivity (Wildman–Crippen MR) is 90.3 cm³/mol. The standard InChI is InChI=1S/C17H25N3O4/c1-11(13-8-7-12(23-2)10-15(13)24-3)19-17(22)20-14-6-4-5-9-18-16(14)21/h7-8,10-11,14H,4-6,9H2,1-3H3,(H,18,21)(H2,19,20,22). The van der Waals surface area contributed by atoms with Gasteiger partial charge in [-0.15, -0.1) is 0 Å². The molecule has 2 unspecified atom stereocenters. The Morgan fingerprint density at radius 3 is 2.79 bits per heavy atom. The molecule has 3 amide bonds. The Bertz CT molecular complexity index is 591. The van der Waals surface area contributed by atoms with Gasteiger partial charge in [-0.05, 0) is 38.3 Å². The lowest BCUT2D eigenvalue weighted by molar-refractivity contribution is -0.122. The third-order valence-electron chi connectivity index (χ3n) is 4.10. The smallest absolute Gasteiger partial charge is 0.315 e. The lowest BCUT2D eigenvalue weighted by atomic mass is 10.1. The van der Waals surface area contributed by atoms with Crippen LogP contribution in [0.25, 0.3) is 0 Å². The van der Waals surface area contributed by atoms with Gasteiger partial charge >= 0.3 is 6.03 Å². The molecule has 24 heavy (non-hydrogen) atoms. The number of ether oxygens (including phenoxy) is 2. The number of nitrogens with one attached hydrogen (secondary N) is 3. The molecule has 0 aromatic heterocycles. The molecule has 7 nitrogen and oxygen atoms in total. The molecule has 0 aliphatic carbocycles. The molecular weight excluding hydrogens is 310 g/mol. The molecule has 2 atom stereocenters. The molecule has 0 bridgehead atoms. The molecule has 0 spiro atoms. The summed E-state index contributed by atoms with van der Waals surface area (Å²) in [6.45, 7) is 2.52. The lowest BCUT2D eigenvalue weighted by Crippen LogP contribution is -2.49. The molecule has 1 fully saturated rings. The Labute approximate surface area is 142 Å². The van der Waals surface area contributed by atoms with E-state index in [9.17, 15) is 9.59 Å². The summed E-state index contributed by atoms with van der Waals surface area (Å²) in [4.78, 5) is 24.1. The quantitative estimate of drug-likeness (QED) is 0.765. The van der Waals surface area contributed by atoms with Gasteiger partial charge in [0.05, 0.1) is 20.3 Å². The lowest BCUT2D eigenvalue weighted by Gasteiger charge is -2.21. The van der Waals surface area contributed by atoms with Gasteiger partial charge in [0.2, 0.25) is 5.91 Å². The van der Waals surface area contributed by atoms with Gasteiger partial charge < -0.3 is 25.4 Å². The van der Waals surface area contributed by atoms with Crippen LogP contribution in [0.3, 0.4) is 0 Å². The Balaban J connectivity index is 1.99. The second kappa shape index (κ2) is 8.42. The van der Waals surface area contributed by atoms with Crippen LogP contribution in [0, 0.1) is 0 Å². The number of methoxy groups -OCH3 is 2. The van der Waals surface area contributed by atoms with E-state index in [1.165, 1.54) is 0 Å². The third kappa shape index (κ3) is 4.53. The molecule has 1 saturated heterocycles. The normalized spacial score (nSPS) is 18.8. The van der Waals surface area contributed by atoms with E-state index >= 15 is 0 Å². The first kappa shape index (κ1) is 17.9. The van der Waals surface area contributed by atoms with Crippen molar-refractivity contribution in [2.24, 2.45) is 0 Å². The van der Waals surface area contributed by atoms with Gasteiger partial charge in [-0.25, -0.2) is 4.79 Å². The zero-order valence-corrected chi connectivity index (χ0v) is 14.3. The minimum Gasteiger partial charge on any atom is -0.497 e. The number of hydrogen-bond acceptors (Lipinski definition) is 4. The van der Waals surface area contributed by atoms with Gasteiger partial charge in [-0.2, -0.15) is 0 Å². The van der Waals surface area contributed by atoms with E-state index in [0.717, 1.165) is 18.4 Å². The van der Waals surface area contributed by atoms with Gasteiger partial charge in [0, 0.05) is 18.2 Å². The van der Waals surface area contributed by atoms with Gasteiger partial charge in [-0.1, -0.05) is 0 Å². The van der Waals surface area contributed by atoms with Crippen molar-refractivity contribution in [1.29, 1.82) is 0 Å². The highest BCUT2D eigenvalue weighted by molar-refractivity contribution is 5.87. The largest absolute Gasteiger partial charge is 0.497 e. The topological polar surface area (TPSA) is 88.7 Å². The maximum Gasteiger partial charge on any atom is 0.315 e. The van der Waals surface area contributed by atoms with E-state index in [-0.39, 0.29) is 18.0 Å². The van der Waals surface area contributed by atoms with Gasteiger partial charge in [-0.3, -0.25) is 4.79 Å². The van der Waals surface area contributed by atoms with Crippen LogP contribution in [-0.2, 0) is 4.79 Å². The molecule has 3 N–H and O–H groups in total. The van der Waals surface area contributed by atoms with Crippen LogP contribution >= 0.6 is 0 Å². The molecule has 1 aromatic rings. The molecule has 0 saturated carbocycles. The van der Waals surface area contributed by atoms with Crippen molar-refractivity contribution in [3.05, 3.63) is 23.8 Å². The van der Waals surface area contributed by atoms with Crippen molar-refractivity contribution in [2.75, 3.05) is 20.8 Å². The number of benzene rings is 1. The number of amides is 3. The number of hydrogen-bond donors (Lipinski definition) is 3. The summed E-state index contributed by atoms with van der Waals surface area (Å²) >= 11 is 0. The summed E-state index contributed by atoms with van der Waals surface area (Å²) in [5.74, 6) is 1.19. The summed E-state index contributed by atoms with van der Waals surface area (Å²) in [7, 11) is 3.16. The Hall–Kier alpha value is -2.44. The maximum absolute atomic E-state index is 12.2. The molecule has 2 rings (SSSR count). The van der Waals surface area contributed by atoms with Crippen LogP contribution in [0.15, 0.2) is 18.2 Å². The first-order valence-corrected chi connectivity index (χ1v) is 8.11. The SMILES string of the molecule is COc1ccc(C(C)NC(=O)NC2CCCCNC2=O)c(OC)c1. The monoisotopic (exact) mass is 335 g/mol. The van der Waals surface area contributed by atoms with E-state index < -0.39 is 6.04 Å². The fraction of sp³-hybridized carbons (Fsp3) is 0.529. The summed E-state index contributed by atoms with van der Waals surface area (Å²) in [5.41, 5.74) is 0.832. The Morgan fingerprint density at radius 1 is 1.29 bits per heavy atom. The average molecular weight is 335 g/mol. The van der Waals surface area contributed by atoms with Gasteiger partial charge in [0.15, 0.2) is 0 Å². The molecular formula is C17H25N3O4. The number of rotatable bonds is 5. The van der Waals surface area contributed by atoms with Gasteiger partial charge in [0.25, 0.3) is 0 Å². The highest BCUT2D eigenvalue weighted by Crippen LogP contribution is 2.29. The summed E-state index contributed by atoms with van der Waals surface area (Å²) < 4.78 is 10.5. The van der Waals surface area contributed by atoms with E-state index in [0.29, 0.717) is 24.5 Å². The molecule has 1 aromatic carbocycles. The van der Waals surface area contributed by atoms with Crippen LogP contribution in [0.1, 0.15) is 37.8 Å². The number of carbonyl (C=O) groups is 2. The van der Waals surface area contributed by atoms with E-state index in [4.69, 9.17) is 9.47 Å². The van der Waals surface area contributed by atoms with E-state index in [1.807, 2.05) is 19.1 Å². The highest BCUT2D eigenvalue weighted by Gasteiger charge is 2.23. The summed E-state index contributed by atoms with van der Waals surface area (Å²) in [6, 6.07) is 4.29. The number of urea groups is 1. The average Bonchev–Trinajstić information content (AvgIpc) is 2.78. The zero-order valence-electron chi connectivity index (χ0n) is 14.3. The van der Waals surface area contributed by atoms with Crippen molar-refractivity contribution in [1.82, 2.24) is 16.0 Å². The Morgan fingerprint density at radius 2 is 2.08 bits per heavy atom. The fourth-order valence-corrected chi connectivity index (χ4v) is 2.73. The molecule has 1 heterocycles. The van der Waals surface area contributed by atoms with Crippen LogP contribution in [0.4, 0.5) is 4.79 Å². The van der Waals surface area contributed by atoms with Crippen molar-refractivity contribution in [2.45, 2.75) is 38.3 Å². The molecule has 7 heteroatoms. The zero-order chi connectivity index (χ0) is 17.5. The Kier molecular flexibility index (Phi) is 6.28. The number of carbonyl (C=O) groups excluding carboxylic acids is 2. The second-order valence-electron chi connectivity index (χ2n) is 5.79. The molecule has 132 valence electrons. The first-order valence-electron chi connectivity index (χ1n) is 8.11. The van der Waals surface area contributed by atoms with Gasteiger partial charge in [0.1, 0.15) is 17.5 Å². The van der Waals surface area contributed by atoms with E-state index in [1.54, 1.807) is 20.3 Å². The van der Waals surface area contributed by atoms with Crippen molar-refractivity contribution >= 4 is 11.9 Å². The summed E-state index contributed by atoms with van der Waals surface area (Å²) in [6.07, 6.45) is 2.50. The minimum absolute atomic E-state index is 0.127. The van der Waals surface area contributed by atoms with Crippen LogP contribution in [0.2, 0.25) is 0 Å². The molecule has 0 radical (unpaired) electrons. The van der Waals surface area contributed by atoms with Crippen LogP contribution in [-0.4, -0.2) is 38.7 Å². The van der Waals surface area contributed by atoms with Crippen molar-refractivity contribution < 1.29 is 19.1 Å². The highest BCUT2D eigenvalue weighted by atomic mass is 16.5. The first-order chi connectivity index (χ1) is 11.5. The van der Waals surface area contributed by atoms with Crippen LogP contribution < -0.4 is 25.4 Å². The fourth-order valence-electron chi connectivity index (χ4n) is 2.73. The summed E-state index contributed by atoms with van der Waals surface area (Å²) in [5, 5.41) is 8.39. The van der Waals surface area contributed by atoms with Crippen LogP contribution in [0.5, 0.6) is 11.5 Å². The van der Waals surface area contributed by atoms with Crippen molar-refractivity contribution in [3.8, 4) is 11.5 Å². The second-order valence-corrected chi connectivity index (χ2v) is 5.79. The van der Waals surface area contributed by atoms with Crippen molar-refractivity contribution in [3.63, 3.8) is 0 Å².